The number of anilines is 1. The molecule has 0 aliphatic heterocycles. The van der Waals surface area contributed by atoms with Gasteiger partial charge in [-0.05, 0) is 6.07 Å². The third-order valence-corrected chi connectivity index (χ3v) is 1.10. The van der Waals surface area contributed by atoms with Crippen molar-refractivity contribution in [1.82, 2.24) is 10.7 Å². The van der Waals surface area contributed by atoms with E-state index >= 15 is 0 Å². The van der Waals surface area contributed by atoms with E-state index in [0.29, 0.717) is 5.69 Å². The molecule has 1 radical (unpaired) electrons. The van der Waals surface area contributed by atoms with Crippen molar-refractivity contribution in [3.05, 3.63) is 24.0 Å². The molecular weight excluding hydrogens is 130 g/mol. The maximum absolute atomic E-state index is 10.4. The van der Waals surface area contributed by atoms with E-state index in [1.807, 2.05) is 0 Å². The smallest absolute Gasteiger partial charge is 0.273 e. The van der Waals surface area contributed by atoms with Crippen LogP contribution in [0.3, 0.4) is 0 Å². The summed E-state index contributed by atoms with van der Waals surface area (Å²) in [6.45, 7) is 0. The van der Waals surface area contributed by atoms with Crippen LogP contribution in [0.25, 0.3) is 0 Å². The Morgan fingerprint density at radius 3 is 2.80 bits per heavy atom. The molecule has 0 aromatic carbocycles. The first kappa shape index (κ1) is 6.54. The van der Waals surface area contributed by atoms with Gasteiger partial charge in [0.15, 0.2) is 0 Å². The van der Waals surface area contributed by atoms with E-state index in [1.165, 1.54) is 18.5 Å². The first-order valence-corrected chi connectivity index (χ1v) is 2.67. The van der Waals surface area contributed by atoms with Gasteiger partial charge in [-0.25, -0.2) is 0 Å². The summed E-state index contributed by atoms with van der Waals surface area (Å²) in [5.41, 5.74) is 12.5. The molecule has 0 saturated carbocycles. The van der Waals surface area contributed by atoms with Crippen LogP contribution in [0.15, 0.2) is 18.5 Å². The molecule has 0 atom stereocenters. The standard InChI is InChI=1S/C6H6N3O/c7-5-1-2-9-3-4(5)6(8)10/h1-3,8H,(H2,7,9). The Hall–Kier alpha value is -1.58. The number of nitrogens with two attached hydrogens (primary N) is 1. The van der Waals surface area contributed by atoms with Gasteiger partial charge in [-0.1, -0.05) is 0 Å². The molecule has 0 unspecified atom stereocenters. The highest BCUT2D eigenvalue weighted by Gasteiger charge is 2.03. The molecule has 10 heavy (non-hydrogen) atoms. The van der Waals surface area contributed by atoms with Crippen LogP contribution in [0.2, 0.25) is 0 Å². The van der Waals surface area contributed by atoms with E-state index in [0.717, 1.165) is 0 Å². The third kappa shape index (κ3) is 1.05. The summed E-state index contributed by atoms with van der Waals surface area (Å²) in [7, 11) is 0. The second-order valence-electron chi connectivity index (χ2n) is 1.79. The van der Waals surface area contributed by atoms with Gasteiger partial charge in [-0.15, -0.1) is 0 Å². The molecule has 0 spiro atoms. The Labute approximate surface area is 57.9 Å². The van der Waals surface area contributed by atoms with Crippen LogP contribution in [-0.2, 0) is 0 Å². The normalized spacial score (nSPS) is 9.20. The second-order valence-corrected chi connectivity index (χ2v) is 1.79. The zero-order chi connectivity index (χ0) is 7.56. The number of nitrogen functional groups attached to an aromatic ring is 1. The molecule has 0 aliphatic carbocycles. The van der Waals surface area contributed by atoms with Gasteiger partial charge in [0.05, 0.1) is 5.56 Å². The molecule has 0 bridgehead atoms. The topological polar surface area (TPSA) is 79.8 Å². The van der Waals surface area contributed by atoms with E-state index in [2.05, 4.69) is 4.98 Å². The molecule has 51 valence electrons. The second kappa shape index (κ2) is 2.34. The lowest BCUT2D eigenvalue weighted by Crippen LogP contribution is -2.03. The monoisotopic (exact) mass is 136 g/mol. The Kier molecular flexibility index (Phi) is 1.53. The fourth-order valence-corrected chi connectivity index (χ4v) is 0.595. The van der Waals surface area contributed by atoms with Crippen LogP contribution >= 0.6 is 0 Å². The summed E-state index contributed by atoms with van der Waals surface area (Å²) in [5, 5.41) is 0. The van der Waals surface area contributed by atoms with Crippen molar-refractivity contribution in [3.8, 4) is 0 Å². The molecule has 1 amide bonds. The highest BCUT2D eigenvalue weighted by molar-refractivity contribution is 5.96. The number of nitrogens with one attached hydrogen (secondary N) is 1. The molecule has 1 aromatic rings. The SMILES string of the molecule is [NH]C(=O)c1cnccc1N. The third-order valence-electron chi connectivity index (χ3n) is 1.10. The molecule has 0 saturated heterocycles. The van der Waals surface area contributed by atoms with Gasteiger partial charge in [0.25, 0.3) is 5.91 Å². The summed E-state index contributed by atoms with van der Waals surface area (Å²) in [5.74, 6) is -0.800. The predicted molar refractivity (Wildman–Crippen MR) is 36.1 cm³/mol. The fourth-order valence-electron chi connectivity index (χ4n) is 0.595. The van der Waals surface area contributed by atoms with Crippen molar-refractivity contribution in [3.63, 3.8) is 0 Å². The zero-order valence-electron chi connectivity index (χ0n) is 5.16. The van der Waals surface area contributed by atoms with Crippen LogP contribution in [0.4, 0.5) is 5.69 Å². The molecule has 0 aliphatic rings. The lowest BCUT2D eigenvalue weighted by Gasteiger charge is -1.95. The number of carbonyl (C=O) groups excluding carboxylic acids is 1. The Morgan fingerprint density at radius 1 is 1.70 bits per heavy atom. The molecule has 3 N–H and O–H groups in total. The minimum absolute atomic E-state index is 0.155. The summed E-state index contributed by atoms with van der Waals surface area (Å²) in [6, 6.07) is 1.49. The maximum atomic E-state index is 10.4. The van der Waals surface area contributed by atoms with Crippen molar-refractivity contribution < 1.29 is 4.79 Å². The Balaban J connectivity index is 3.15. The van der Waals surface area contributed by atoms with Crippen LogP contribution in [0, 0.1) is 0 Å². The van der Waals surface area contributed by atoms with Crippen LogP contribution in [-0.4, -0.2) is 10.9 Å². The summed E-state index contributed by atoms with van der Waals surface area (Å²) in [4.78, 5) is 14.1. The molecule has 4 heteroatoms. The number of rotatable bonds is 1. The number of hydrogen-bond donors (Lipinski definition) is 1. The first-order chi connectivity index (χ1) is 4.72. The number of amides is 1. The number of hydrogen-bond acceptors (Lipinski definition) is 3. The van der Waals surface area contributed by atoms with E-state index < -0.39 is 5.91 Å². The number of carbonyl (C=O) groups is 1. The molecule has 0 fully saturated rings. The lowest BCUT2D eigenvalue weighted by molar-refractivity contribution is 0.0992. The van der Waals surface area contributed by atoms with Gasteiger partial charge in [0, 0.05) is 18.1 Å². The minimum atomic E-state index is -0.800. The average molecular weight is 136 g/mol. The van der Waals surface area contributed by atoms with E-state index in [4.69, 9.17) is 11.5 Å². The van der Waals surface area contributed by atoms with E-state index in [9.17, 15) is 4.79 Å². The van der Waals surface area contributed by atoms with Gasteiger partial charge in [-0.2, -0.15) is 0 Å². The number of pyridine rings is 1. The summed E-state index contributed by atoms with van der Waals surface area (Å²) >= 11 is 0. The lowest BCUT2D eigenvalue weighted by atomic mass is 10.2. The molecular formula is C6H6N3O. The zero-order valence-corrected chi connectivity index (χ0v) is 5.16. The highest BCUT2D eigenvalue weighted by Crippen LogP contribution is 2.06. The fraction of sp³-hybridized carbons (Fsp3) is 0. The van der Waals surface area contributed by atoms with E-state index in [-0.39, 0.29) is 5.56 Å². The number of nitrogens with zero attached hydrogens (tertiary/aromatic N) is 1. The number of aromatic nitrogens is 1. The highest BCUT2D eigenvalue weighted by atomic mass is 16.1. The molecule has 1 aromatic heterocycles. The van der Waals surface area contributed by atoms with Gasteiger partial charge in [-0.3, -0.25) is 15.5 Å². The van der Waals surface area contributed by atoms with Gasteiger partial charge in [0.2, 0.25) is 0 Å². The van der Waals surface area contributed by atoms with Crippen LogP contribution in [0.1, 0.15) is 10.4 Å². The molecule has 1 rings (SSSR count). The van der Waals surface area contributed by atoms with Gasteiger partial charge < -0.3 is 5.73 Å². The minimum Gasteiger partial charge on any atom is -0.398 e. The molecule has 1 heterocycles. The summed E-state index contributed by atoms with van der Waals surface area (Å²) in [6.07, 6.45) is 2.76. The average Bonchev–Trinajstić information content (AvgIpc) is 1.88. The maximum Gasteiger partial charge on any atom is 0.273 e. The van der Waals surface area contributed by atoms with Crippen molar-refractivity contribution >= 4 is 11.6 Å². The van der Waals surface area contributed by atoms with Crippen molar-refractivity contribution in [1.29, 1.82) is 0 Å². The van der Waals surface area contributed by atoms with Crippen molar-refractivity contribution in [2.45, 2.75) is 0 Å². The quantitative estimate of drug-likeness (QED) is 0.594. The predicted octanol–water partition coefficient (Wildman–Crippen LogP) is 0.0869. The summed E-state index contributed by atoms with van der Waals surface area (Å²) < 4.78 is 0. The Morgan fingerprint density at radius 2 is 2.40 bits per heavy atom. The van der Waals surface area contributed by atoms with Gasteiger partial charge in [0.1, 0.15) is 0 Å². The van der Waals surface area contributed by atoms with Crippen molar-refractivity contribution in [2.24, 2.45) is 0 Å². The molecule has 4 nitrogen and oxygen atoms in total. The van der Waals surface area contributed by atoms with Crippen LogP contribution < -0.4 is 11.5 Å². The van der Waals surface area contributed by atoms with Crippen LogP contribution in [0.5, 0.6) is 0 Å². The Bertz CT molecular complexity index is 259. The first-order valence-electron chi connectivity index (χ1n) is 2.67. The largest absolute Gasteiger partial charge is 0.398 e. The van der Waals surface area contributed by atoms with Crippen molar-refractivity contribution in [2.75, 3.05) is 5.73 Å². The van der Waals surface area contributed by atoms with E-state index in [1.54, 1.807) is 0 Å². The van der Waals surface area contributed by atoms with Gasteiger partial charge >= 0.3 is 0 Å².